The first-order chi connectivity index (χ1) is 21.1. The van der Waals surface area contributed by atoms with Gasteiger partial charge in [0.2, 0.25) is 5.91 Å². The van der Waals surface area contributed by atoms with Crippen LogP contribution in [0.25, 0.3) is 0 Å². The average molecular weight is 623 g/mol. The van der Waals surface area contributed by atoms with Crippen molar-refractivity contribution in [3.8, 4) is 0 Å². The third kappa shape index (κ3) is 7.22. The van der Waals surface area contributed by atoms with Crippen LogP contribution in [0, 0.1) is 11.6 Å². The number of ether oxygens (including phenoxy) is 1. The molecule has 2 aliphatic heterocycles. The molecule has 0 saturated carbocycles. The van der Waals surface area contributed by atoms with Crippen molar-refractivity contribution in [2.75, 3.05) is 31.1 Å². The van der Waals surface area contributed by atoms with Crippen molar-refractivity contribution in [2.45, 2.75) is 77.6 Å². The van der Waals surface area contributed by atoms with Crippen molar-refractivity contribution < 1.29 is 23.1 Å². The van der Waals surface area contributed by atoms with E-state index < -0.39 is 29.0 Å². The molecule has 0 radical (unpaired) electrons. The van der Waals surface area contributed by atoms with E-state index in [4.69, 9.17) is 4.74 Å². The summed E-state index contributed by atoms with van der Waals surface area (Å²) in [5.74, 6) is -1.44. The van der Waals surface area contributed by atoms with Gasteiger partial charge in [0.25, 0.3) is 0 Å². The van der Waals surface area contributed by atoms with Crippen LogP contribution in [0.3, 0.4) is 0 Å². The molecule has 45 heavy (non-hydrogen) atoms. The molecule has 3 aromatic rings. The highest BCUT2D eigenvalue weighted by molar-refractivity contribution is 5.97. The topological polar surface area (TPSA) is 101 Å². The Morgan fingerprint density at radius 1 is 1.11 bits per heavy atom. The van der Waals surface area contributed by atoms with Crippen LogP contribution in [0.1, 0.15) is 58.4 Å². The molecule has 0 spiro atoms. The van der Waals surface area contributed by atoms with E-state index in [1.807, 2.05) is 46.4 Å². The Morgan fingerprint density at radius 3 is 2.56 bits per heavy atom. The number of anilines is 1. The van der Waals surface area contributed by atoms with Crippen LogP contribution in [0.15, 0.2) is 53.7 Å². The van der Waals surface area contributed by atoms with E-state index in [0.29, 0.717) is 30.0 Å². The molecule has 2 aromatic heterocycles. The minimum Gasteiger partial charge on any atom is -0.444 e. The van der Waals surface area contributed by atoms with Crippen molar-refractivity contribution in [1.82, 2.24) is 24.3 Å². The maximum Gasteiger partial charge on any atom is 0.410 e. The molecule has 4 heterocycles. The van der Waals surface area contributed by atoms with Crippen molar-refractivity contribution in [3.05, 3.63) is 87.9 Å². The molecule has 12 heteroatoms. The number of amides is 2. The number of fused-ring (bicyclic) bond motifs is 1. The number of hydrogen-bond acceptors (Lipinski definition) is 7. The van der Waals surface area contributed by atoms with Crippen molar-refractivity contribution in [2.24, 2.45) is 0 Å². The molecule has 1 fully saturated rings. The van der Waals surface area contributed by atoms with Gasteiger partial charge in [0.05, 0.1) is 12.2 Å². The minimum absolute atomic E-state index is 0.0476. The summed E-state index contributed by atoms with van der Waals surface area (Å²) in [7, 11) is 0. The zero-order chi connectivity index (χ0) is 32.7. The second kappa shape index (κ2) is 12.3. The largest absolute Gasteiger partial charge is 0.444 e. The van der Waals surface area contributed by atoms with Gasteiger partial charge in [-0.05, 0) is 51.5 Å². The first-order valence-electron chi connectivity index (χ1n) is 15.1. The third-order valence-corrected chi connectivity index (χ3v) is 8.31. The molecule has 1 saturated heterocycles. The maximum atomic E-state index is 14.4. The number of halogens is 2. The summed E-state index contributed by atoms with van der Waals surface area (Å²) >= 11 is 0. The van der Waals surface area contributed by atoms with E-state index in [0.717, 1.165) is 11.6 Å². The fraction of sp³-hybridized carbons (Fsp3) is 0.485. The Balaban J connectivity index is 1.40. The van der Waals surface area contributed by atoms with Gasteiger partial charge in [0.1, 0.15) is 17.2 Å². The lowest BCUT2D eigenvalue weighted by atomic mass is 9.88. The van der Waals surface area contributed by atoms with E-state index in [9.17, 15) is 23.2 Å². The lowest BCUT2D eigenvalue weighted by Gasteiger charge is -2.45. The summed E-state index contributed by atoms with van der Waals surface area (Å²) in [6.45, 7) is 12.8. The van der Waals surface area contributed by atoms with E-state index in [1.165, 1.54) is 22.9 Å². The lowest BCUT2D eigenvalue weighted by molar-refractivity contribution is -0.121. The van der Waals surface area contributed by atoms with Gasteiger partial charge in [-0.25, -0.2) is 23.4 Å². The highest BCUT2D eigenvalue weighted by Crippen LogP contribution is 2.41. The number of rotatable bonds is 6. The number of carbonyl (C=O) groups excluding carboxylic acids is 2. The molecule has 10 nitrogen and oxygen atoms in total. The van der Waals surface area contributed by atoms with E-state index in [1.54, 1.807) is 34.3 Å². The summed E-state index contributed by atoms with van der Waals surface area (Å²) < 4.78 is 35.0. The second-order valence-corrected chi connectivity index (χ2v) is 13.6. The molecular formula is C33H40F2N6O4. The van der Waals surface area contributed by atoms with Gasteiger partial charge in [-0.2, -0.15) is 0 Å². The average Bonchev–Trinajstić information content (AvgIpc) is 3.21. The van der Waals surface area contributed by atoms with Crippen LogP contribution in [0.2, 0.25) is 0 Å². The predicted octanol–water partition coefficient (Wildman–Crippen LogP) is 4.14. The number of hydrogen-bond donors (Lipinski definition) is 0. The quantitative estimate of drug-likeness (QED) is 0.408. The number of piperazine rings is 1. The molecule has 0 bridgehead atoms. The number of carbonyl (C=O) groups is 2. The molecule has 0 aliphatic carbocycles. The molecule has 2 aliphatic rings. The number of pyridine rings is 1. The Morgan fingerprint density at radius 2 is 1.87 bits per heavy atom. The normalized spacial score (nSPS) is 19.8. The summed E-state index contributed by atoms with van der Waals surface area (Å²) in [5, 5.41) is 0. The van der Waals surface area contributed by atoms with Gasteiger partial charge in [-0.3, -0.25) is 19.2 Å². The van der Waals surface area contributed by atoms with Crippen LogP contribution in [0.5, 0.6) is 0 Å². The molecular weight excluding hydrogens is 582 g/mol. The summed E-state index contributed by atoms with van der Waals surface area (Å²) in [4.78, 5) is 53.5. The summed E-state index contributed by atoms with van der Waals surface area (Å²) in [6.07, 6.45) is 4.50. The van der Waals surface area contributed by atoms with Gasteiger partial charge >= 0.3 is 11.8 Å². The molecule has 5 rings (SSSR count). The van der Waals surface area contributed by atoms with Gasteiger partial charge in [-0.15, -0.1) is 0 Å². The van der Waals surface area contributed by atoms with Crippen molar-refractivity contribution in [3.63, 3.8) is 0 Å². The molecule has 2 atom stereocenters. The molecule has 2 amide bonds. The Hall–Kier alpha value is -4.19. The zero-order valence-corrected chi connectivity index (χ0v) is 26.6. The number of benzene rings is 1. The third-order valence-electron chi connectivity index (χ3n) is 8.31. The van der Waals surface area contributed by atoms with Gasteiger partial charge in [0.15, 0.2) is 0 Å². The van der Waals surface area contributed by atoms with Crippen LogP contribution in [0.4, 0.5) is 19.3 Å². The summed E-state index contributed by atoms with van der Waals surface area (Å²) in [6, 6.07) is 6.31. The molecule has 0 N–H and O–H groups in total. The van der Waals surface area contributed by atoms with E-state index in [2.05, 4.69) is 9.97 Å². The second-order valence-electron chi connectivity index (χ2n) is 13.6. The Labute approximate surface area is 261 Å². The maximum absolute atomic E-state index is 14.4. The SMILES string of the molecule is CC1CN(CC(=O)N2CC(C)(C)c3cnc(Cc4ccc(F)cc4F)cc32)[C@@H](Cn2cccnc2=O)CN1C(=O)OC(C)(C)C. The predicted molar refractivity (Wildman–Crippen MR) is 165 cm³/mol. The zero-order valence-electron chi connectivity index (χ0n) is 26.6. The summed E-state index contributed by atoms with van der Waals surface area (Å²) in [5.41, 5.74) is 1.01. The smallest absolute Gasteiger partial charge is 0.410 e. The Bertz CT molecular complexity index is 1650. The van der Waals surface area contributed by atoms with Crippen molar-refractivity contribution in [1.29, 1.82) is 0 Å². The fourth-order valence-corrected chi connectivity index (χ4v) is 6.04. The lowest BCUT2D eigenvalue weighted by Crippen LogP contribution is -2.62. The first kappa shape index (κ1) is 32.2. The van der Waals surface area contributed by atoms with Gasteiger partial charge < -0.3 is 14.5 Å². The highest BCUT2D eigenvalue weighted by Gasteiger charge is 2.42. The van der Waals surface area contributed by atoms with E-state index in [-0.39, 0.29) is 49.5 Å². The Kier molecular flexibility index (Phi) is 8.81. The van der Waals surface area contributed by atoms with Crippen LogP contribution in [-0.2, 0) is 27.9 Å². The molecule has 240 valence electrons. The highest BCUT2D eigenvalue weighted by atomic mass is 19.1. The van der Waals surface area contributed by atoms with Gasteiger partial charge in [-0.1, -0.05) is 19.9 Å². The first-order valence-corrected chi connectivity index (χ1v) is 15.1. The fourth-order valence-electron chi connectivity index (χ4n) is 6.04. The van der Waals surface area contributed by atoms with Crippen LogP contribution < -0.4 is 10.6 Å². The monoisotopic (exact) mass is 622 g/mol. The number of aromatic nitrogens is 3. The number of nitrogens with zero attached hydrogens (tertiary/aromatic N) is 6. The van der Waals surface area contributed by atoms with Gasteiger partial charge in [0, 0.05) is 86.0 Å². The molecule has 1 unspecified atom stereocenters. The van der Waals surface area contributed by atoms with Crippen LogP contribution >= 0.6 is 0 Å². The minimum atomic E-state index is -0.675. The molecule has 1 aromatic carbocycles. The van der Waals surface area contributed by atoms with Crippen molar-refractivity contribution >= 4 is 17.7 Å². The standard InChI is InChI=1S/C33H40F2N6O4/c1-21-16-39(25(17-38-11-7-10-36-30(38)43)18-40(21)31(44)45-32(2,3)4)19-29(42)41-20-33(5,6)26-15-37-24(14-28(26)41)12-22-8-9-23(34)13-27(22)35/h7-11,13-15,21,25H,12,16-20H2,1-6H3/t21?,25-/m0/s1. The van der Waals surface area contributed by atoms with Crippen LogP contribution in [-0.4, -0.2) is 80.2 Å². The van der Waals surface area contributed by atoms with E-state index >= 15 is 0 Å².